The maximum absolute atomic E-state index is 11.7. The molecule has 6 heteroatoms. The lowest BCUT2D eigenvalue weighted by Crippen LogP contribution is -2.10. The summed E-state index contributed by atoms with van der Waals surface area (Å²) in [5.41, 5.74) is 8.00. The third-order valence-corrected chi connectivity index (χ3v) is 3.02. The molecule has 0 bridgehead atoms. The van der Waals surface area contributed by atoms with E-state index in [9.17, 15) is 4.79 Å². The van der Waals surface area contributed by atoms with Crippen LogP contribution in [-0.2, 0) is 6.42 Å². The number of hydrogen-bond donors (Lipinski definition) is 3. The van der Waals surface area contributed by atoms with Crippen LogP contribution in [0.4, 0.5) is 5.95 Å². The van der Waals surface area contributed by atoms with Crippen LogP contribution in [0.3, 0.4) is 0 Å². The van der Waals surface area contributed by atoms with Gasteiger partial charge in [-0.1, -0.05) is 31.2 Å². The summed E-state index contributed by atoms with van der Waals surface area (Å²) >= 11 is 0. The highest BCUT2D eigenvalue weighted by Gasteiger charge is 2.09. The molecule has 0 saturated heterocycles. The van der Waals surface area contributed by atoms with Crippen molar-refractivity contribution in [3.05, 3.63) is 40.2 Å². The second-order valence-corrected chi connectivity index (χ2v) is 4.29. The highest BCUT2D eigenvalue weighted by Crippen LogP contribution is 2.18. The summed E-state index contributed by atoms with van der Waals surface area (Å²) in [7, 11) is 0. The van der Waals surface area contributed by atoms with Crippen molar-refractivity contribution < 1.29 is 0 Å². The largest absolute Gasteiger partial charge is 0.369 e. The SMILES string of the molecule is CCc1ccc(-c2nc3nc(N)[nH]c(=O)c3[nH]2)cc1. The van der Waals surface area contributed by atoms with Crippen molar-refractivity contribution in [2.24, 2.45) is 0 Å². The lowest BCUT2D eigenvalue weighted by atomic mass is 10.1. The molecule has 0 radical (unpaired) electrons. The molecule has 19 heavy (non-hydrogen) atoms. The third kappa shape index (κ3) is 1.97. The molecule has 0 saturated carbocycles. The molecular weight excluding hydrogens is 242 g/mol. The number of aromatic nitrogens is 4. The molecule has 0 amide bonds. The van der Waals surface area contributed by atoms with Crippen LogP contribution >= 0.6 is 0 Å². The van der Waals surface area contributed by atoms with E-state index in [0.29, 0.717) is 17.0 Å². The number of hydrogen-bond acceptors (Lipinski definition) is 4. The standard InChI is InChI=1S/C13H13N5O/c1-2-7-3-5-8(6-4-7)10-15-9-11(16-10)17-13(14)18-12(9)19/h3-6H,2H2,1H3,(H4,14,15,16,17,18,19). The number of fused-ring (bicyclic) bond motifs is 1. The van der Waals surface area contributed by atoms with Gasteiger partial charge in [0.15, 0.2) is 11.2 Å². The van der Waals surface area contributed by atoms with E-state index in [2.05, 4.69) is 26.9 Å². The number of nitrogen functional groups attached to an aromatic ring is 1. The minimum Gasteiger partial charge on any atom is -0.369 e. The Hall–Kier alpha value is -2.63. The zero-order chi connectivity index (χ0) is 13.4. The molecule has 6 nitrogen and oxygen atoms in total. The molecule has 1 aromatic carbocycles. The number of aromatic amines is 2. The van der Waals surface area contributed by atoms with E-state index >= 15 is 0 Å². The van der Waals surface area contributed by atoms with Crippen LogP contribution in [0.2, 0.25) is 0 Å². The summed E-state index contributed by atoms with van der Waals surface area (Å²) in [5, 5.41) is 0. The Bertz CT molecular complexity index is 785. The van der Waals surface area contributed by atoms with Crippen molar-refractivity contribution in [3.63, 3.8) is 0 Å². The molecule has 2 aromatic heterocycles. The van der Waals surface area contributed by atoms with Gasteiger partial charge in [-0.3, -0.25) is 9.78 Å². The molecule has 0 unspecified atom stereocenters. The van der Waals surface area contributed by atoms with E-state index in [4.69, 9.17) is 5.73 Å². The molecular formula is C13H13N5O. The average Bonchev–Trinajstić information content (AvgIpc) is 2.83. The zero-order valence-electron chi connectivity index (χ0n) is 10.4. The van der Waals surface area contributed by atoms with Crippen LogP contribution in [0, 0.1) is 0 Å². The van der Waals surface area contributed by atoms with E-state index in [1.807, 2.05) is 24.3 Å². The number of H-pyrrole nitrogens is 2. The second kappa shape index (κ2) is 4.24. The topological polar surface area (TPSA) is 100 Å². The Morgan fingerprint density at radius 2 is 1.89 bits per heavy atom. The van der Waals surface area contributed by atoms with Crippen molar-refractivity contribution >= 4 is 17.1 Å². The number of nitrogens with one attached hydrogen (secondary N) is 2. The quantitative estimate of drug-likeness (QED) is 0.645. The van der Waals surface area contributed by atoms with E-state index in [1.165, 1.54) is 5.56 Å². The summed E-state index contributed by atoms with van der Waals surface area (Å²) in [6, 6.07) is 8.01. The molecule has 3 aromatic rings. The van der Waals surface area contributed by atoms with Crippen LogP contribution in [0.5, 0.6) is 0 Å². The van der Waals surface area contributed by atoms with Crippen LogP contribution in [0.15, 0.2) is 29.1 Å². The molecule has 0 aliphatic rings. The predicted molar refractivity (Wildman–Crippen MR) is 73.7 cm³/mol. The Morgan fingerprint density at radius 1 is 1.16 bits per heavy atom. The Balaban J connectivity index is 2.14. The monoisotopic (exact) mass is 255 g/mol. The number of nitrogens with zero attached hydrogens (tertiary/aromatic N) is 2. The molecule has 0 atom stereocenters. The van der Waals surface area contributed by atoms with E-state index in [-0.39, 0.29) is 11.5 Å². The third-order valence-electron chi connectivity index (χ3n) is 3.02. The number of imidazole rings is 1. The fraction of sp³-hybridized carbons (Fsp3) is 0.154. The van der Waals surface area contributed by atoms with Crippen LogP contribution in [-0.4, -0.2) is 19.9 Å². The summed E-state index contributed by atoms with van der Waals surface area (Å²) in [6.07, 6.45) is 0.984. The van der Waals surface area contributed by atoms with Crippen LogP contribution in [0.1, 0.15) is 12.5 Å². The number of anilines is 1. The number of rotatable bonds is 2. The van der Waals surface area contributed by atoms with Gasteiger partial charge in [-0.25, -0.2) is 4.98 Å². The van der Waals surface area contributed by atoms with Gasteiger partial charge >= 0.3 is 0 Å². The van der Waals surface area contributed by atoms with Crippen LogP contribution < -0.4 is 11.3 Å². The summed E-state index contributed by atoms with van der Waals surface area (Å²) in [6.45, 7) is 2.10. The maximum atomic E-state index is 11.7. The molecule has 3 rings (SSSR count). The summed E-state index contributed by atoms with van der Waals surface area (Å²) in [5.74, 6) is 0.679. The molecule has 4 N–H and O–H groups in total. The minimum atomic E-state index is -0.313. The predicted octanol–water partition coefficient (Wildman–Crippen LogP) is 1.46. The van der Waals surface area contributed by atoms with E-state index < -0.39 is 0 Å². The van der Waals surface area contributed by atoms with Gasteiger partial charge in [-0.2, -0.15) is 4.98 Å². The van der Waals surface area contributed by atoms with Crippen LogP contribution in [0.25, 0.3) is 22.6 Å². The molecule has 96 valence electrons. The van der Waals surface area contributed by atoms with Gasteiger partial charge < -0.3 is 10.7 Å². The second-order valence-electron chi connectivity index (χ2n) is 4.29. The molecule has 0 aliphatic carbocycles. The van der Waals surface area contributed by atoms with Gasteiger partial charge in [0.1, 0.15) is 5.82 Å². The van der Waals surface area contributed by atoms with E-state index in [0.717, 1.165) is 12.0 Å². The van der Waals surface area contributed by atoms with Crippen molar-refractivity contribution in [2.75, 3.05) is 5.73 Å². The zero-order valence-corrected chi connectivity index (χ0v) is 10.4. The van der Waals surface area contributed by atoms with Gasteiger partial charge in [0.05, 0.1) is 0 Å². The van der Waals surface area contributed by atoms with Gasteiger partial charge in [0.25, 0.3) is 5.56 Å². The Kier molecular flexibility index (Phi) is 2.56. The normalized spacial score (nSPS) is 11.0. The fourth-order valence-electron chi connectivity index (χ4n) is 1.96. The van der Waals surface area contributed by atoms with Crippen molar-refractivity contribution in [1.29, 1.82) is 0 Å². The van der Waals surface area contributed by atoms with Gasteiger partial charge in [0.2, 0.25) is 5.95 Å². The lowest BCUT2D eigenvalue weighted by molar-refractivity contribution is 1.14. The van der Waals surface area contributed by atoms with Gasteiger partial charge in [-0.15, -0.1) is 0 Å². The molecule has 0 fully saturated rings. The number of nitrogens with two attached hydrogens (primary N) is 1. The fourth-order valence-corrected chi connectivity index (χ4v) is 1.96. The maximum Gasteiger partial charge on any atom is 0.278 e. The minimum absolute atomic E-state index is 0.0666. The average molecular weight is 255 g/mol. The Morgan fingerprint density at radius 3 is 2.58 bits per heavy atom. The van der Waals surface area contributed by atoms with Crippen molar-refractivity contribution in [3.8, 4) is 11.4 Å². The smallest absolute Gasteiger partial charge is 0.278 e. The Labute approximate surface area is 108 Å². The van der Waals surface area contributed by atoms with E-state index in [1.54, 1.807) is 0 Å². The molecule has 0 aliphatic heterocycles. The molecule has 2 heterocycles. The summed E-state index contributed by atoms with van der Waals surface area (Å²) < 4.78 is 0. The first-order chi connectivity index (χ1) is 9.17. The van der Waals surface area contributed by atoms with Gasteiger partial charge in [-0.05, 0) is 12.0 Å². The van der Waals surface area contributed by atoms with Crippen molar-refractivity contribution in [1.82, 2.24) is 19.9 Å². The van der Waals surface area contributed by atoms with Crippen molar-refractivity contribution in [2.45, 2.75) is 13.3 Å². The summed E-state index contributed by atoms with van der Waals surface area (Å²) in [4.78, 5) is 25.4. The first-order valence-corrected chi connectivity index (χ1v) is 6.02. The highest BCUT2D eigenvalue weighted by atomic mass is 16.1. The first-order valence-electron chi connectivity index (χ1n) is 6.02. The first kappa shape index (κ1) is 11.5. The number of aryl methyl sites for hydroxylation is 1. The lowest BCUT2D eigenvalue weighted by Gasteiger charge is -1.98. The molecule has 0 spiro atoms. The highest BCUT2D eigenvalue weighted by molar-refractivity contribution is 5.75. The van der Waals surface area contributed by atoms with Gasteiger partial charge in [0, 0.05) is 5.56 Å². The number of benzene rings is 1.